The third kappa shape index (κ3) is 1.12. The van der Waals surface area contributed by atoms with E-state index in [4.69, 9.17) is 10.2 Å². The second kappa shape index (κ2) is 2.39. The Bertz CT molecular complexity index is 339. The van der Waals surface area contributed by atoms with Gasteiger partial charge in [-0.2, -0.15) is 0 Å². The Morgan fingerprint density at radius 1 is 1.55 bits per heavy atom. The van der Waals surface area contributed by atoms with E-state index in [1.807, 2.05) is 6.07 Å². The van der Waals surface area contributed by atoms with Crippen molar-refractivity contribution in [1.29, 1.82) is 0 Å². The molecular weight excluding hydrogens is 160 g/mol. The van der Waals surface area contributed by atoms with Crippen molar-refractivity contribution in [1.82, 2.24) is 4.98 Å². The summed E-state index contributed by atoms with van der Waals surface area (Å²) in [6.45, 7) is 0. The van der Waals surface area contributed by atoms with Gasteiger partial charge in [-0.05, 0) is 6.07 Å². The van der Waals surface area contributed by atoms with Gasteiger partial charge in [0.25, 0.3) is 0 Å². The molecule has 0 aliphatic carbocycles. The lowest BCUT2D eigenvalue weighted by Gasteiger charge is -1.83. The van der Waals surface area contributed by atoms with Crippen LogP contribution in [0.5, 0.6) is 0 Å². The van der Waals surface area contributed by atoms with E-state index in [-0.39, 0.29) is 0 Å². The van der Waals surface area contributed by atoms with Crippen LogP contribution >= 0.6 is 11.3 Å². The maximum atomic E-state index is 5.46. The highest BCUT2D eigenvalue weighted by atomic mass is 32.1. The number of hydrogen-bond donors (Lipinski definition) is 1. The number of nitrogens with zero attached hydrogens (tertiary/aromatic N) is 1. The lowest BCUT2D eigenvalue weighted by molar-refractivity contribution is 0.568. The molecule has 0 bridgehead atoms. The lowest BCUT2D eigenvalue weighted by atomic mass is 10.3. The molecule has 0 saturated heterocycles. The van der Waals surface area contributed by atoms with E-state index >= 15 is 0 Å². The summed E-state index contributed by atoms with van der Waals surface area (Å²) in [6, 6.07) is 1.88. The minimum absolute atomic E-state index is 0.584. The van der Waals surface area contributed by atoms with Gasteiger partial charge < -0.3 is 10.2 Å². The molecule has 0 saturated carbocycles. The van der Waals surface area contributed by atoms with Crippen molar-refractivity contribution in [3.05, 3.63) is 24.8 Å². The van der Waals surface area contributed by atoms with Gasteiger partial charge in [0.05, 0.1) is 17.4 Å². The summed E-state index contributed by atoms with van der Waals surface area (Å²) in [5.74, 6) is 0. The van der Waals surface area contributed by atoms with Crippen molar-refractivity contribution in [3.63, 3.8) is 0 Å². The molecule has 2 rings (SSSR count). The summed E-state index contributed by atoms with van der Waals surface area (Å²) in [4.78, 5) is 4.97. The molecule has 0 spiro atoms. The average Bonchev–Trinajstić information content (AvgIpc) is 2.55. The molecule has 0 aliphatic heterocycles. The number of thiazole rings is 1. The third-order valence-electron chi connectivity index (χ3n) is 1.33. The van der Waals surface area contributed by atoms with Crippen LogP contribution in [0.2, 0.25) is 0 Å². The Morgan fingerprint density at radius 3 is 3.00 bits per heavy atom. The topological polar surface area (TPSA) is 52.0 Å². The van der Waals surface area contributed by atoms with Crippen LogP contribution < -0.4 is 5.73 Å². The molecule has 2 aromatic rings. The summed E-state index contributed by atoms with van der Waals surface area (Å²) < 4.78 is 4.92. The average molecular weight is 166 g/mol. The van der Waals surface area contributed by atoms with E-state index in [0.717, 1.165) is 10.4 Å². The largest absolute Gasteiger partial charge is 0.472 e. The summed E-state index contributed by atoms with van der Waals surface area (Å²) in [5, 5.41) is 0.584. The second-order valence-corrected chi connectivity index (χ2v) is 3.14. The molecule has 0 fully saturated rings. The smallest absolute Gasteiger partial charge is 0.180 e. The van der Waals surface area contributed by atoms with Crippen LogP contribution in [0.3, 0.4) is 0 Å². The highest BCUT2D eigenvalue weighted by molar-refractivity contribution is 7.18. The first-order chi connectivity index (χ1) is 5.36. The van der Waals surface area contributed by atoms with Gasteiger partial charge >= 0.3 is 0 Å². The van der Waals surface area contributed by atoms with Gasteiger partial charge in [0.15, 0.2) is 5.13 Å². The maximum absolute atomic E-state index is 5.46. The fourth-order valence-corrected chi connectivity index (χ4v) is 1.50. The molecule has 11 heavy (non-hydrogen) atoms. The van der Waals surface area contributed by atoms with Crippen molar-refractivity contribution in [2.75, 3.05) is 5.73 Å². The predicted molar refractivity (Wildman–Crippen MR) is 44.2 cm³/mol. The van der Waals surface area contributed by atoms with Gasteiger partial charge in [0.2, 0.25) is 0 Å². The summed E-state index contributed by atoms with van der Waals surface area (Å²) in [7, 11) is 0. The second-order valence-electron chi connectivity index (χ2n) is 2.07. The van der Waals surface area contributed by atoms with Gasteiger partial charge in [-0.25, -0.2) is 4.98 Å². The first-order valence-corrected chi connectivity index (χ1v) is 3.92. The molecule has 0 aliphatic rings. The minimum Gasteiger partial charge on any atom is -0.472 e. The molecule has 56 valence electrons. The van der Waals surface area contributed by atoms with Crippen LogP contribution in [0.1, 0.15) is 0 Å². The standard InChI is InChI=1S/C7H6N2OS/c8-7-9-3-6(11-7)5-1-2-10-4-5/h1-4H,(H2,8,9). The molecule has 0 aromatic carbocycles. The van der Waals surface area contributed by atoms with Crippen molar-refractivity contribution in [2.24, 2.45) is 0 Å². The van der Waals surface area contributed by atoms with Gasteiger partial charge in [-0.1, -0.05) is 11.3 Å². The quantitative estimate of drug-likeness (QED) is 0.704. The summed E-state index contributed by atoms with van der Waals surface area (Å²) in [6.07, 6.45) is 5.04. The van der Waals surface area contributed by atoms with Crippen molar-refractivity contribution >= 4 is 16.5 Å². The minimum atomic E-state index is 0.584. The van der Waals surface area contributed by atoms with Crippen LogP contribution in [0, 0.1) is 0 Å². The van der Waals surface area contributed by atoms with E-state index in [9.17, 15) is 0 Å². The number of rotatable bonds is 1. The number of furan rings is 1. The number of anilines is 1. The molecular formula is C7H6N2OS. The normalized spacial score (nSPS) is 10.2. The van der Waals surface area contributed by atoms with Crippen molar-refractivity contribution in [2.45, 2.75) is 0 Å². The monoisotopic (exact) mass is 166 g/mol. The first-order valence-electron chi connectivity index (χ1n) is 3.10. The van der Waals surface area contributed by atoms with Crippen molar-refractivity contribution in [3.8, 4) is 10.4 Å². The maximum Gasteiger partial charge on any atom is 0.180 e. The molecule has 0 radical (unpaired) electrons. The Hall–Kier alpha value is -1.29. The lowest BCUT2D eigenvalue weighted by Crippen LogP contribution is -1.77. The van der Waals surface area contributed by atoms with Crippen LogP contribution in [-0.4, -0.2) is 4.98 Å². The number of hydrogen-bond acceptors (Lipinski definition) is 4. The molecule has 2 aromatic heterocycles. The van der Waals surface area contributed by atoms with E-state index in [0.29, 0.717) is 5.13 Å². The Morgan fingerprint density at radius 2 is 2.45 bits per heavy atom. The third-order valence-corrected chi connectivity index (χ3v) is 2.20. The fourth-order valence-electron chi connectivity index (χ4n) is 0.826. The first kappa shape index (κ1) is 6.42. The zero-order valence-corrected chi connectivity index (χ0v) is 6.47. The number of nitrogen functional groups attached to an aromatic ring is 1. The summed E-state index contributed by atoms with van der Waals surface area (Å²) >= 11 is 1.45. The van der Waals surface area contributed by atoms with E-state index in [1.165, 1.54) is 11.3 Å². The van der Waals surface area contributed by atoms with Crippen LogP contribution in [-0.2, 0) is 0 Å². The Balaban J connectivity index is 2.45. The van der Waals surface area contributed by atoms with E-state index in [1.54, 1.807) is 18.7 Å². The van der Waals surface area contributed by atoms with E-state index < -0.39 is 0 Å². The predicted octanol–water partition coefficient (Wildman–Crippen LogP) is 1.99. The summed E-state index contributed by atoms with van der Waals surface area (Å²) in [5.41, 5.74) is 6.49. The van der Waals surface area contributed by atoms with Gasteiger partial charge in [0, 0.05) is 11.8 Å². The molecule has 0 atom stereocenters. The molecule has 2 heterocycles. The molecule has 0 unspecified atom stereocenters. The van der Waals surface area contributed by atoms with Gasteiger partial charge in [-0.3, -0.25) is 0 Å². The molecule has 2 N–H and O–H groups in total. The SMILES string of the molecule is Nc1ncc(-c2ccoc2)s1. The van der Waals surface area contributed by atoms with Crippen molar-refractivity contribution < 1.29 is 4.42 Å². The molecule has 0 amide bonds. The Labute approximate surface area is 67.5 Å². The fraction of sp³-hybridized carbons (Fsp3) is 0. The zero-order chi connectivity index (χ0) is 7.68. The van der Waals surface area contributed by atoms with Crippen LogP contribution in [0.4, 0.5) is 5.13 Å². The molecule has 4 heteroatoms. The van der Waals surface area contributed by atoms with Gasteiger partial charge in [0.1, 0.15) is 0 Å². The molecule has 3 nitrogen and oxygen atoms in total. The number of nitrogens with two attached hydrogens (primary N) is 1. The van der Waals surface area contributed by atoms with Crippen LogP contribution in [0.25, 0.3) is 10.4 Å². The van der Waals surface area contributed by atoms with E-state index in [2.05, 4.69) is 4.98 Å². The highest BCUT2D eigenvalue weighted by Crippen LogP contribution is 2.26. The van der Waals surface area contributed by atoms with Gasteiger partial charge in [-0.15, -0.1) is 0 Å². The zero-order valence-electron chi connectivity index (χ0n) is 5.65. The van der Waals surface area contributed by atoms with Crippen LogP contribution in [0.15, 0.2) is 29.2 Å². The highest BCUT2D eigenvalue weighted by Gasteiger charge is 2.01. The Kier molecular flexibility index (Phi) is 1.40. The number of aromatic nitrogens is 1.